The average molecular weight is 342 g/mol. The highest BCUT2D eigenvalue weighted by molar-refractivity contribution is 8.86. The SMILES string of the molecule is CCOC(=O)/C(C#N)=C1\SS/C(=C(/C#N)C(=O)OCC)S1. The molecular weight excluding hydrogens is 332 g/mol. The molecule has 0 aliphatic carbocycles. The van der Waals surface area contributed by atoms with Crippen molar-refractivity contribution in [2.24, 2.45) is 0 Å². The van der Waals surface area contributed by atoms with Crippen LogP contribution in [0.1, 0.15) is 13.8 Å². The van der Waals surface area contributed by atoms with Gasteiger partial charge >= 0.3 is 11.9 Å². The molecule has 0 aromatic heterocycles. The van der Waals surface area contributed by atoms with Crippen LogP contribution >= 0.6 is 33.3 Å². The standard InChI is InChI=1S/C12H10N2O4S3/c1-3-17-9(15)7(5-13)11-19-12(21-20-11)8(6-14)10(16)18-4-2/h3-4H2,1-2H3/b11-7-,12-8-. The summed E-state index contributed by atoms with van der Waals surface area (Å²) < 4.78 is 10.4. The first-order valence-electron chi connectivity index (χ1n) is 5.74. The summed E-state index contributed by atoms with van der Waals surface area (Å²) in [4.78, 5) is 23.3. The third-order valence-corrected chi connectivity index (χ3v) is 6.43. The molecule has 1 heterocycles. The van der Waals surface area contributed by atoms with Crippen LogP contribution < -0.4 is 0 Å². The molecule has 0 aromatic carbocycles. The van der Waals surface area contributed by atoms with E-state index in [1.165, 1.54) is 0 Å². The first-order valence-corrected chi connectivity index (χ1v) is 8.70. The minimum absolute atomic E-state index is 0.129. The molecule has 1 fully saturated rings. The fourth-order valence-corrected chi connectivity index (χ4v) is 5.45. The lowest BCUT2D eigenvalue weighted by atomic mass is 10.3. The summed E-state index contributed by atoms with van der Waals surface area (Å²) in [6.07, 6.45) is 0. The Morgan fingerprint density at radius 1 is 0.952 bits per heavy atom. The lowest BCUT2D eigenvalue weighted by Crippen LogP contribution is -2.07. The highest BCUT2D eigenvalue weighted by Gasteiger charge is 2.29. The van der Waals surface area contributed by atoms with Crippen molar-refractivity contribution in [2.75, 3.05) is 13.2 Å². The highest BCUT2D eigenvalue weighted by atomic mass is 33.1. The van der Waals surface area contributed by atoms with Gasteiger partial charge in [-0.1, -0.05) is 11.8 Å². The summed E-state index contributed by atoms with van der Waals surface area (Å²) in [6.45, 7) is 3.60. The molecule has 21 heavy (non-hydrogen) atoms. The second-order valence-corrected chi connectivity index (χ2v) is 6.95. The van der Waals surface area contributed by atoms with Gasteiger partial charge in [0.25, 0.3) is 0 Å². The topological polar surface area (TPSA) is 100 Å². The number of ether oxygens (including phenoxy) is 2. The van der Waals surface area contributed by atoms with Crippen molar-refractivity contribution in [1.29, 1.82) is 10.5 Å². The van der Waals surface area contributed by atoms with E-state index in [1.54, 1.807) is 26.0 Å². The van der Waals surface area contributed by atoms with E-state index in [4.69, 9.17) is 20.0 Å². The number of esters is 2. The van der Waals surface area contributed by atoms with Crippen molar-refractivity contribution in [1.82, 2.24) is 0 Å². The molecule has 0 bridgehead atoms. The second kappa shape index (κ2) is 8.67. The molecule has 0 radical (unpaired) electrons. The Balaban J connectivity index is 3.07. The molecule has 0 atom stereocenters. The van der Waals surface area contributed by atoms with E-state index in [0.717, 1.165) is 33.3 Å². The molecule has 0 spiro atoms. The Labute approximate surface area is 133 Å². The van der Waals surface area contributed by atoms with Gasteiger partial charge in [0.1, 0.15) is 12.1 Å². The number of rotatable bonds is 4. The lowest BCUT2D eigenvalue weighted by molar-refractivity contribution is -0.138. The Morgan fingerprint density at radius 2 is 1.33 bits per heavy atom. The molecule has 1 aliphatic rings. The molecule has 110 valence electrons. The zero-order chi connectivity index (χ0) is 15.8. The van der Waals surface area contributed by atoms with Crippen LogP contribution in [-0.4, -0.2) is 25.2 Å². The first kappa shape index (κ1) is 17.5. The lowest BCUT2D eigenvalue weighted by Gasteiger charge is -2.02. The van der Waals surface area contributed by atoms with Crippen LogP contribution in [0.3, 0.4) is 0 Å². The van der Waals surface area contributed by atoms with Crippen molar-refractivity contribution in [3.63, 3.8) is 0 Å². The summed E-state index contributed by atoms with van der Waals surface area (Å²) in [7, 11) is 2.27. The van der Waals surface area contributed by atoms with E-state index in [-0.39, 0.29) is 24.4 Å². The Kier molecular flexibility index (Phi) is 7.23. The maximum absolute atomic E-state index is 11.6. The summed E-state index contributed by atoms with van der Waals surface area (Å²) in [5.74, 6) is -1.43. The van der Waals surface area contributed by atoms with Crippen molar-refractivity contribution in [2.45, 2.75) is 13.8 Å². The largest absolute Gasteiger partial charge is 0.462 e. The zero-order valence-corrected chi connectivity index (χ0v) is 13.6. The molecule has 0 aromatic rings. The smallest absolute Gasteiger partial charge is 0.350 e. The Hall–Kier alpha value is -1.55. The van der Waals surface area contributed by atoms with Crippen molar-refractivity contribution >= 4 is 45.3 Å². The van der Waals surface area contributed by atoms with E-state index >= 15 is 0 Å². The molecule has 1 aliphatic heterocycles. The van der Waals surface area contributed by atoms with Crippen molar-refractivity contribution < 1.29 is 19.1 Å². The molecule has 6 nitrogen and oxygen atoms in total. The summed E-state index contributed by atoms with van der Waals surface area (Å²) in [5.41, 5.74) is -0.258. The van der Waals surface area contributed by atoms with Gasteiger partial charge < -0.3 is 9.47 Å². The van der Waals surface area contributed by atoms with Gasteiger partial charge in [-0.05, 0) is 35.4 Å². The van der Waals surface area contributed by atoms with Gasteiger partial charge in [-0.25, -0.2) is 9.59 Å². The molecule has 0 unspecified atom stereocenters. The van der Waals surface area contributed by atoms with E-state index in [2.05, 4.69) is 0 Å². The number of carbonyl (C=O) groups is 2. The number of hydrogen-bond donors (Lipinski definition) is 0. The van der Waals surface area contributed by atoms with Crippen LogP contribution in [0.5, 0.6) is 0 Å². The number of nitriles is 2. The summed E-state index contributed by atoms with van der Waals surface area (Å²) >= 11 is 1.02. The molecule has 0 N–H and O–H groups in total. The van der Waals surface area contributed by atoms with Gasteiger partial charge in [-0.2, -0.15) is 10.5 Å². The highest BCUT2D eigenvalue weighted by Crippen LogP contribution is 2.59. The van der Waals surface area contributed by atoms with Crippen LogP contribution in [0.15, 0.2) is 19.6 Å². The molecule has 0 amide bonds. The monoisotopic (exact) mass is 342 g/mol. The minimum Gasteiger partial charge on any atom is -0.462 e. The van der Waals surface area contributed by atoms with E-state index in [0.29, 0.717) is 8.47 Å². The van der Waals surface area contributed by atoms with Gasteiger partial charge in [-0.3, -0.25) is 0 Å². The van der Waals surface area contributed by atoms with Crippen LogP contribution in [0.2, 0.25) is 0 Å². The van der Waals surface area contributed by atoms with E-state index < -0.39 is 11.9 Å². The Bertz CT molecular complexity index is 547. The van der Waals surface area contributed by atoms with Gasteiger partial charge in [0, 0.05) is 0 Å². The quantitative estimate of drug-likeness (QED) is 0.330. The average Bonchev–Trinajstić information content (AvgIpc) is 2.90. The van der Waals surface area contributed by atoms with Gasteiger partial charge in [0.15, 0.2) is 11.1 Å². The third-order valence-electron chi connectivity index (χ3n) is 1.97. The zero-order valence-electron chi connectivity index (χ0n) is 11.2. The van der Waals surface area contributed by atoms with Gasteiger partial charge in [-0.15, -0.1) is 0 Å². The first-order chi connectivity index (χ1) is 10.1. The van der Waals surface area contributed by atoms with Crippen LogP contribution in [-0.2, 0) is 19.1 Å². The molecular formula is C12H10N2O4S3. The molecule has 9 heteroatoms. The number of nitrogens with zero attached hydrogens (tertiary/aromatic N) is 2. The maximum Gasteiger partial charge on any atom is 0.350 e. The van der Waals surface area contributed by atoms with Gasteiger partial charge in [0.2, 0.25) is 0 Å². The van der Waals surface area contributed by atoms with Crippen LogP contribution in [0.4, 0.5) is 0 Å². The summed E-state index contributed by atoms with van der Waals surface area (Å²) in [5, 5.41) is 18.1. The fourth-order valence-electron chi connectivity index (χ4n) is 1.14. The Morgan fingerprint density at radius 3 is 1.62 bits per heavy atom. The maximum atomic E-state index is 11.6. The van der Waals surface area contributed by atoms with E-state index in [9.17, 15) is 9.59 Å². The number of thioether (sulfide) groups is 1. The number of carbonyl (C=O) groups excluding carboxylic acids is 2. The van der Waals surface area contributed by atoms with Crippen LogP contribution in [0, 0.1) is 22.7 Å². The number of hydrogen-bond acceptors (Lipinski definition) is 9. The van der Waals surface area contributed by atoms with Crippen molar-refractivity contribution in [3.05, 3.63) is 19.6 Å². The second-order valence-electron chi connectivity index (χ2n) is 3.26. The molecule has 1 saturated heterocycles. The minimum atomic E-state index is -0.716. The van der Waals surface area contributed by atoms with E-state index in [1.807, 2.05) is 0 Å². The normalized spacial score (nSPS) is 18.3. The third kappa shape index (κ3) is 4.46. The molecule has 1 rings (SSSR count). The van der Waals surface area contributed by atoms with Crippen LogP contribution in [0.25, 0.3) is 0 Å². The van der Waals surface area contributed by atoms with Crippen molar-refractivity contribution in [3.8, 4) is 12.1 Å². The van der Waals surface area contributed by atoms with Gasteiger partial charge in [0.05, 0.1) is 21.7 Å². The summed E-state index contributed by atoms with van der Waals surface area (Å²) in [6, 6.07) is 3.58. The fraction of sp³-hybridized carbons (Fsp3) is 0.333. The predicted octanol–water partition coefficient (Wildman–Crippen LogP) is 2.71. The predicted molar refractivity (Wildman–Crippen MR) is 81.3 cm³/mol. The molecule has 0 saturated carbocycles.